The molecule has 4 aromatic rings. The fourth-order valence-corrected chi connectivity index (χ4v) is 3.87. The third-order valence-electron chi connectivity index (χ3n) is 4.94. The van der Waals surface area contributed by atoms with Gasteiger partial charge in [0.25, 0.3) is 0 Å². The van der Waals surface area contributed by atoms with Crippen LogP contribution < -0.4 is 22.5 Å². The molecule has 3 heterocycles. The molecule has 0 fully saturated rings. The van der Waals surface area contributed by atoms with E-state index in [1.165, 1.54) is 10.9 Å². The molecule has 1 aliphatic rings. The minimum atomic E-state index is 0. The topological polar surface area (TPSA) is 105 Å². The minimum Gasteiger partial charge on any atom is -1.00 e. The number of aromatic amines is 1. The first-order chi connectivity index (χ1) is 11.3. The molecule has 2 aromatic heterocycles. The van der Waals surface area contributed by atoms with Gasteiger partial charge in [0.2, 0.25) is 0 Å². The summed E-state index contributed by atoms with van der Waals surface area (Å²) in [6.45, 7) is 0.724. The highest BCUT2D eigenvalue weighted by Gasteiger charge is 2.31. The Kier molecular flexibility index (Phi) is 5.23. The summed E-state index contributed by atoms with van der Waals surface area (Å²) in [7, 11) is 2.04. The zero-order valence-corrected chi connectivity index (χ0v) is 15.0. The summed E-state index contributed by atoms with van der Waals surface area (Å²) in [5.74, 6) is 0.964. The van der Waals surface area contributed by atoms with Gasteiger partial charge in [-0.1, -0.05) is 30.3 Å². The number of halogens is 1. The van der Waals surface area contributed by atoms with E-state index in [4.69, 9.17) is 0 Å². The van der Waals surface area contributed by atoms with Crippen LogP contribution in [0.1, 0.15) is 5.56 Å². The first kappa shape index (κ1) is 19.7. The average Bonchev–Trinajstić information content (AvgIpc) is 2.98. The standard InChI is InChI=1S/C19H15N3O.ClH.2H2O/c1-21-16-9-5-3-7-14(16)19(23)22-11-10-13-12-6-2-4-8-15(12)20-17(13)18(21)22;;;/h2-9H,10-11H2,1H3;1H;2*1H2. The lowest BCUT2D eigenvalue weighted by molar-refractivity contribution is -0.638. The van der Waals surface area contributed by atoms with Crippen LogP contribution in [0.3, 0.4) is 0 Å². The van der Waals surface area contributed by atoms with Crippen LogP contribution in [0.2, 0.25) is 0 Å². The number of hydrogen-bond acceptors (Lipinski definition) is 1. The molecule has 0 spiro atoms. The maximum atomic E-state index is 12.9. The molecule has 0 unspecified atom stereocenters. The Labute approximate surface area is 155 Å². The molecule has 0 saturated heterocycles. The van der Waals surface area contributed by atoms with E-state index in [-0.39, 0.29) is 28.9 Å². The summed E-state index contributed by atoms with van der Waals surface area (Å²) in [5.41, 5.74) is 4.58. The van der Waals surface area contributed by atoms with E-state index >= 15 is 0 Å². The molecule has 0 saturated carbocycles. The van der Waals surface area contributed by atoms with Crippen LogP contribution in [0, 0.1) is 0 Å². The monoisotopic (exact) mass is 373 g/mol. The Hall–Kier alpha value is -2.67. The second kappa shape index (κ2) is 6.92. The number of aryl methyl sites for hydroxylation is 2. The molecule has 1 aliphatic heterocycles. The van der Waals surface area contributed by atoms with Crippen molar-refractivity contribution >= 4 is 21.8 Å². The van der Waals surface area contributed by atoms with Crippen molar-refractivity contribution in [1.29, 1.82) is 0 Å². The van der Waals surface area contributed by atoms with Gasteiger partial charge in [0.1, 0.15) is 16.6 Å². The van der Waals surface area contributed by atoms with Crippen LogP contribution in [0.15, 0.2) is 53.3 Å². The molecule has 0 bridgehead atoms. The smallest absolute Gasteiger partial charge is 0.345 e. The maximum Gasteiger partial charge on any atom is 0.345 e. The van der Waals surface area contributed by atoms with Crippen molar-refractivity contribution in [1.82, 2.24) is 9.55 Å². The van der Waals surface area contributed by atoms with Crippen molar-refractivity contribution in [2.45, 2.75) is 13.0 Å². The van der Waals surface area contributed by atoms with Gasteiger partial charge < -0.3 is 28.3 Å². The van der Waals surface area contributed by atoms with Crippen molar-refractivity contribution in [3.8, 4) is 11.5 Å². The SMILES string of the molecule is C[n+]1c2n(c(=O)c3ccccc31)CCc1c-2[nH]c2ccccc12.O.O.[Cl-]. The van der Waals surface area contributed by atoms with Gasteiger partial charge in [-0.25, -0.2) is 9.36 Å². The van der Waals surface area contributed by atoms with Crippen LogP contribution in [0.4, 0.5) is 0 Å². The summed E-state index contributed by atoms with van der Waals surface area (Å²) < 4.78 is 4.03. The average molecular weight is 374 g/mol. The van der Waals surface area contributed by atoms with Crippen LogP contribution in [-0.4, -0.2) is 20.5 Å². The molecule has 26 heavy (non-hydrogen) atoms. The number of hydrogen-bond donors (Lipinski definition) is 1. The normalized spacial score (nSPS) is 11.7. The maximum absolute atomic E-state index is 12.9. The first-order valence-electron chi connectivity index (χ1n) is 7.87. The van der Waals surface area contributed by atoms with Crippen molar-refractivity contribution in [3.05, 3.63) is 64.4 Å². The molecule has 136 valence electrons. The molecule has 7 heteroatoms. The van der Waals surface area contributed by atoms with E-state index in [1.54, 1.807) is 0 Å². The van der Waals surface area contributed by atoms with Gasteiger partial charge in [-0.15, -0.1) is 0 Å². The molecule has 0 atom stereocenters. The highest BCUT2D eigenvalue weighted by molar-refractivity contribution is 5.90. The predicted molar refractivity (Wildman–Crippen MR) is 97.6 cm³/mol. The highest BCUT2D eigenvalue weighted by Crippen LogP contribution is 2.32. The largest absolute Gasteiger partial charge is 1.00 e. The fourth-order valence-electron chi connectivity index (χ4n) is 3.87. The Morgan fingerprint density at radius 2 is 1.65 bits per heavy atom. The third kappa shape index (κ3) is 2.42. The zero-order valence-electron chi connectivity index (χ0n) is 14.2. The Balaban J connectivity index is 0.000000810. The highest BCUT2D eigenvalue weighted by atomic mass is 35.5. The lowest BCUT2D eigenvalue weighted by Crippen LogP contribution is -3.00. The van der Waals surface area contributed by atoms with Gasteiger partial charge in [0, 0.05) is 17.3 Å². The molecular weight excluding hydrogens is 354 g/mol. The second-order valence-corrected chi connectivity index (χ2v) is 6.13. The van der Waals surface area contributed by atoms with Crippen molar-refractivity contribution in [2.75, 3.05) is 0 Å². The van der Waals surface area contributed by atoms with Gasteiger partial charge in [0.05, 0.1) is 13.6 Å². The van der Waals surface area contributed by atoms with Crippen LogP contribution in [0.5, 0.6) is 0 Å². The lowest BCUT2D eigenvalue weighted by Gasteiger charge is -2.15. The number of nitrogens with one attached hydrogen (secondary N) is 1. The molecule has 5 N–H and O–H groups in total. The molecular formula is C19H20ClN3O3. The van der Waals surface area contributed by atoms with Gasteiger partial charge in [-0.3, -0.25) is 0 Å². The number of fused-ring (bicyclic) bond motifs is 6. The summed E-state index contributed by atoms with van der Waals surface area (Å²) in [4.78, 5) is 16.4. The van der Waals surface area contributed by atoms with E-state index in [0.29, 0.717) is 0 Å². The Morgan fingerprint density at radius 3 is 2.42 bits per heavy atom. The summed E-state index contributed by atoms with van der Waals surface area (Å²) in [6.07, 6.45) is 0.880. The molecule has 5 rings (SSSR count). The molecule has 6 nitrogen and oxygen atoms in total. The molecule has 2 aromatic carbocycles. The van der Waals surface area contributed by atoms with Crippen molar-refractivity contribution in [3.63, 3.8) is 0 Å². The number of aromatic nitrogens is 3. The number of benzene rings is 2. The van der Waals surface area contributed by atoms with Crippen molar-refractivity contribution in [2.24, 2.45) is 7.05 Å². The van der Waals surface area contributed by atoms with Gasteiger partial charge in [-0.05, 0) is 23.8 Å². The van der Waals surface area contributed by atoms with E-state index in [2.05, 4.69) is 27.8 Å². The lowest BCUT2D eigenvalue weighted by atomic mass is 10.0. The quantitative estimate of drug-likeness (QED) is 0.350. The number of H-pyrrole nitrogens is 1. The third-order valence-corrected chi connectivity index (χ3v) is 4.94. The van der Waals surface area contributed by atoms with Gasteiger partial charge in [-0.2, -0.15) is 4.57 Å². The summed E-state index contributed by atoms with van der Waals surface area (Å²) >= 11 is 0. The zero-order chi connectivity index (χ0) is 15.6. The molecule has 0 aliphatic carbocycles. The van der Waals surface area contributed by atoms with Crippen molar-refractivity contribution < 1.29 is 27.9 Å². The predicted octanol–water partition coefficient (Wildman–Crippen LogP) is -2.11. The number of para-hydroxylation sites is 2. The molecule has 0 amide bonds. The summed E-state index contributed by atoms with van der Waals surface area (Å²) in [6, 6.07) is 16.2. The van der Waals surface area contributed by atoms with E-state index in [0.717, 1.165) is 40.9 Å². The first-order valence-corrected chi connectivity index (χ1v) is 7.87. The van der Waals surface area contributed by atoms with E-state index < -0.39 is 0 Å². The summed E-state index contributed by atoms with van der Waals surface area (Å²) in [5, 5.41) is 2.03. The molecule has 0 radical (unpaired) electrons. The minimum absolute atomic E-state index is 0. The van der Waals surface area contributed by atoms with Crippen LogP contribution >= 0.6 is 0 Å². The Morgan fingerprint density at radius 1 is 1.00 bits per heavy atom. The van der Waals surface area contributed by atoms with Gasteiger partial charge in [0.15, 0.2) is 0 Å². The van der Waals surface area contributed by atoms with Gasteiger partial charge >= 0.3 is 11.4 Å². The second-order valence-electron chi connectivity index (χ2n) is 6.13. The number of rotatable bonds is 0. The van der Waals surface area contributed by atoms with Crippen LogP contribution in [0.25, 0.3) is 33.3 Å². The van der Waals surface area contributed by atoms with Crippen LogP contribution in [-0.2, 0) is 20.0 Å². The number of nitrogens with zero attached hydrogens (tertiary/aromatic N) is 2. The van der Waals surface area contributed by atoms with E-state index in [9.17, 15) is 4.79 Å². The van der Waals surface area contributed by atoms with E-state index in [1.807, 2.05) is 41.9 Å². The fraction of sp³-hybridized carbons (Fsp3) is 0.158. The Bertz CT molecular complexity index is 1160.